The molecule has 6 nitrogen and oxygen atoms in total. The molecular weight excluding hydrogens is 428 g/mol. The summed E-state index contributed by atoms with van der Waals surface area (Å²) < 4.78 is 11.4. The quantitative estimate of drug-likeness (QED) is 0.546. The van der Waals surface area contributed by atoms with Crippen molar-refractivity contribution in [3.63, 3.8) is 0 Å². The number of aryl methyl sites for hydroxylation is 1. The molecule has 2 saturated heterocycles. The second-order valence-corrected chi connectivity index (χ2v) is 11.2. The van der Waals surface area contributed by atoms with Gasteiger partial charge in [-0.1, -0.05) is 27.2 Å². The van der Waals surface area contributed by atoms with E-state index in [4.69, 9.17) is 8.83 Å². The lowest BCUT2D eigenvalue weighted by molar-refractivity contribution is -0.120. The smallest absolute Gasteiger partial charge is 0.340 e. The lowest BCUT2D eigenvalue weighted by atomic mass is 9.83. The van der Waals surface area contributed by atoms with Gasteiger partial charge in [0.05, 0.1) is 18.2 Å². The van der Waals surface area contributed by atoms with Crippen molar-refractivity contribution < 1.29 is 13.6 Å². The Hall–Kier alpha value is -2.60. The van der Waals surface area contributed by atoms with Crippen LogP contribution in [0.5, 0.6) is 0 Å². The number of carbonyl (C=O) groups excluding carboxylic acids is 1. The molecule has 1 amide bonds. The van der Waals surface area contributed by atoms with E-state index in [9.17, 15) is 9.59 Å². The summed E-state index contributed by atoms with van der Waals surface area (Å²) in [6, 6.07) is 4.41. The minimum atomic E-state index is -0.446. The van der Waals surface area contributed by atoms with Gasteiger partial charge in [-0.2, -0.15) is 0 Å². The van der Waals surface area contributed by atoms with Crippen LogP contribution >= 0.6 is 0 Å². The Morgan fingerprint density at radius 1 is 1.09 bits per heavy atom. The third-order valence-corrected chi connectivity index (χ3v) is 7.92. The van der Waals surface area contributed by atoms with E-state index in [-0.39, 0.29) is 17.7 Å². The lowest BCUT2D eigenvalue weighted by Crippen LogP contribution is -2.51. The highest BCUT2D eigenvalue weighted by Crippen LogP contribution is 2.35. The second kappa shape index (κ2) is 8.88. The average molecular weight is 465 g/mol. The van der Waals surface area contributed by atoms with Crippen molar-refractivity contribution in [2.24, 2.45) is 5.92 Å². The van der Waals surface area contributed by atoms with Crippen molar-refractivity contribution in [1.29, 1.82) is 0 Å². The Bertz CT molecular complexity index is 1280. The van der Waals surface area contributed by atoms with Crippen LogP contribution in [0, 0.1) is 12.8 Å². The summed E-state index contributed by atoms with van der Waals surface area (Å²) in [5.41, 5.74) is 3.03. The molecule has 0 spiro atoms. The SMILES string of the molecule is Cc1c(CC(=O)NC[C@H]2CCCN3CCCC[C@@H]23)c(=O)oc2cc3occ(C(C)(C)C)c3cc12. The highest BCUT2D eigenvalue weighted by atomic mass is 16.4. The molecule has 182 valence electrons. The van der Waals surface area contributed by atoms with Gasteiger partial charge in [0.25, 0.3) is 0 Å². The minimum absolute atomic E-state index is 0.0424. The number of nitrogens with zero attached hydrogens (tertiary/aromatic N) is 1. The first-order chi connectivity index (χ1) is 16.2. The molecule has 0 radical (unpaired) electrons. The zero-order chi connectivity index (χ0) is 24.0. The Labute approximate surface area is 200 Å². The number of nitrogens with one attached hydrogen (secondary N) is 1. The van der Waals surface area contributed by atoms with Crippen molar-refractivity contribution in [1.82, 2.24) is 10.2 Å². The average Bonchev–Trinajstić information content (AvgIpc) is 3.23. The Morgan fingerprint density at radius 3 is 2.68 bits per heavy atom. The zero-order valence-electron chi connectivity index (χ0n) is 20.8. The maximum Gasteiger partial charge on any atom is 0.340 e. The Kier molecular flexibility index (Phi) is 6.05. The summed E-state index contributed by atoms with van der Waals surface area (Å²) in [6.45, 7) is 11.4. The molecule has 0 aliphatic carbocycles. The van der Waals surface area contributed by atoms with Gasteiger partial charge in [0.15, 0.2) is 0 Å². The summed E-state index contributed by atoms with van der Waals surface area (Å²) in [5.74, 6) is 0.389. The van der Waals surface area contributed by atoms with Gasteiger partial charge in [-0.15, -0.1) is 0 Å². The maximum atomic E-state index is 12.9. The van der Waals surface area contributed by atoms with Crippen molar-refractivity contribution >= 4 is 27.8 Å². The third kappa shape index (κ3) is 4.28. The Balaban J connectivity index is 1.37. The fourth-order valence-corrected chi connectivity index (χ4v) is 5.98. The van der Waals surface area contributed by atoms with Gasteiger partial charge in [-0.25, -0.2) is 4.79 Å². The molecule has 34 heavy (non-hydrogen) atoms. The molecule has 0 bridgehead atoms. The van der Waals surface area contributed by atoms with Crippen LogP contribution in [0.25, 0.3) is 21.9 Å². The summed E-state index contributed by atoms with van der Waals surface area (Å²) in [4.78, 5) is 28.3. The predicted octanol–water partition coefficient (Wildman–Crippen LogP) is 5.07. The van der Waals surface area contributed by atoms with Crippen LogP contribution in [0.1, 0.15) is 69.6 Å². The summed E-state index contributed by atoms with van der Waals surface area (Å²) in [6.07, 6.45) is 7.98. The third-order valence-electron chi connectivity index (χ3n) is 7.92. The molecule has 0 saturated carbocycles. The maximum absolute atomic E-state index is 12.9. The lowest BCUT2D eigenvalue weighted by Gasteiger charge is -2.44. The van der Waals surface area contributed by atoms with Crippen molar-refractivity contribution in [2.75, 3.05) is 19.6 Å². The standard InChI is InChI=1S/C28H36N2O4/c1-17-19-12-21-22(28(2,3)4)16-33-24(21)14-25(19)34-27(32)20(17)13-26(31)29-15-18-8-7-11-30-10-6-5-9-23(18)30/h12,14,16,18,23H,5-11,13,15H2,1-4H3,(H,29,31)/t18-,23+/m1/s1. The van der Waals surface area contributed by atoms with Crippen LogP contribution in [0.3, 0.4) is 0 Å². The number of amides is 1. The first-order valence-electron chi connectivity index (χ1n) is 12.7. The molecule has 2 aliphatic heterocycles. The van der Waals surface area contributed by atoms with Crippen LogP contribution in [-0.4, -0.2) is 36.5 Å². The fraction of sp³-hybridized carbons (Fsp3) is 0.571. The number of furan rings is 1. The predicted molar refractivity (Wildman–Crippen MR) is 134 cm³/mol. The van der Waals surface area contributed by atoms with E-state index >= 15 is 0 Å². The normalized spacial score (nSPS) is 21.6. The first-order valence-corrected chi connectivity index (χ1v) is 12.7. The zero-order valence-corrected chi connectivity index (χ0v) is 20.8. The summed E-state index contributed by atoms with van der Waals surface area (Å²) >= 11 is 0. The number of rotatable bonds is 4. The fourth-order valence-electron chi connectivity index (χ4n) is 5.98. The van der Waals surface area contributed by atoms with Crippen LogP contribution < -0.4 is 10.9 Å². The largest absolute Gasteiger partial charge is 0.464 e. The van der Waals surface area contributed by atoms with Crippen molar-refractivity contribution in [3.05, 3.63) is 45.5 Å². The molecule has 1 N–H and O–H groups in total. The topological polar surface area (TPSA) is 75.7 Å². The van der Waals surface area contributed by atoms with E-state index in [0.717, 1.165) is 28.3 Å². The van der Waals surface area contributed by atoms with Gasteiger partial charge < -0.3 is 19.1 Å². The molecule has 6 heteroatoms. The molecule has 3 aromatic rings. The van der Waals surface area contributed by atoms with Crippen molar-refractivity contribution in [2.45, 2.75) is 77.7 Å². The van der Waals surface area contributed by atoms with E-state index < -0.39 is 5.63 Å². The summed E-state index contributed by atoms with van der Waals surface area (Å²) in [5, 5.41) is 5.00. The van der Waals surface area contributed by atoms with E-state index in [1.165, 1.54) is 38.8 Å². The number of hydrogen-bond acceptors (Lipinski definition) is 5. The van der Waals surface area contributed by atoms with E-state index in [1.54, 1.807) is 12.3 Å². The van der Waals surface area contributed by atoms with Gasteiger partial charge in [0, 0.05) is 35.0 Å². The molecule has 2 aromatic heterocycles. The number of piperidine rings is 2. The van der Waals surface area contributed by atoms with Crippen LogP contribution in [0.4, 0.5) is 0 Å². The van der Waals surface area contributed by atoms with Crippen LogP contribution in [0.2, 0.25) is 0 Å². The van der Waals surface area contributed by atoms with E-state index in [0.29, 0.717) is 35.2 Å². The van der Waals surface area contributed by atoms with Gasteiger partial charge in [0.1, 0.15) is 11.2 Å². The highest BCUT2D eigenvalue weighted by molar-refractivity contribution is 5.97. The molecule has 5 rings (SSSR count). The second-order valence-electron chi connectivity index (χ2n) is 11.2. The number of carbonyl (C=O) groups is 1. The monoisotopic (exact) mass is 464 g/mol. The Morgan fingerprint density at radius 2 is 1.88 bits per heavy atom. The molecule has 2 atom stereocenters. The molecule has 4 heterocycles. The number of hydrogen-bond donors (Lipinski definition) is 1. The molecule has 1 aromatic carbocycles. The van der Waals surface area contributed by atoms with E-state index in [1.807, 2.05) is 13.0 Å². The highest BCUT2D eigenvalue weighted by Gasteiger charge is 2.33. The van der Waals surface area contributed by atoms with Crippen molar-refractivity contribution in [3.8, 4) is 0 Å². The van der Waals surface area contributed by atoms with Crippen LogP contribution in [-0.2, 0) is 16.6 Å². The summed E-state index contributed by atoms with van der Waals surface area (Å²) in [7, 11) is 0. The number of fused-ring (bicyclic) bond motifs is 3. The van der Waals surface area contributed by atoms with Gasteiger partial charge in [-0.3, -0.25) is 4.79 Å². The first kappa shape index (κ1) is 23.2. The van der Waals surface area contributed by atoms with E-state index in [2.05, 4.69) is 31.0 Å². The molecule has 2 fully saturated rings. The molecular formula is C28H36N2O4. The van der Waals surface area contributed by atoms with Crippen LogP contribution in [0.15, 0.2) is 32.0 Å². The minimum Gasteiger partial charge on any atom is -0.464 e. The molecule has 0 unspecified atom stereocenters. The molecule has 2 aliphatic rings. The van der Waals surface area contributed by atoms with Gasteiger partial charge >= 0.3 is 5.63 Å². The van der Waals surface area contributed by atoms with Gasteiger partial charge in [0.2, 0.25) is 5.91 Å². The number of benzene rings is 1. The van der Waals surface area contributed by atoms with Gasteiger partial charge in [-0.05, 0) is 68.7 Å².